The molecule has 1 aliphatic carbocycles. The molecule has 0 aliphatic heterocycles. The second-order valence-electron chi connectivity index (χ2n) is 7.15. The van der Waals surface area contributed by atoms with E-state index in [1.54, 1.807) is 13.1 Å². The van der Waals surface area contributed by atoms with Crippen LogP contribution in [-0.2, 0) is 12.0 Å². The van der Waals surface area contributed by atoms with Crippen molar-refractivity contribution in [2.45, 2.75) is 24.8 Å². The lowest BCUT2D eigenvalue weighted by Crippen LogP contribution is -2.41. The number of guanidine groups is 1. The van der Waals surface area contributed by atoms with E-state index in [2.05, 4.69) is 25.6 Å². The third-order valence-corrected chi connectivity index (χ3v) is 5.25. The molecule has 1 aromatic heterocycles. The van der Waals surface area contributed by atoms with Crippen molar-refractivity contribution in [3.8, 4) is 11.3 Å². The molecule has 0 atom stereocenters. The third-order valence-electron chi connectivity index (χ3n) is 5.25. The molecule has 6 heteroatoms. The van der Waals surface area contributed by atoms with Crippen molar-refractivity contribution in [3.63, 3.8) is 0 Å². The smallest absolute Gasteiger partial charge is 0.191 e. The molecule has 4 rings (SSSR count). The fraction of sp³-hybridized carbons (Fsp3) is 0.273. The summed E-state index contributed by atoms with van der Waals surface area (Å²) in [6.07, 6.45) is 3.80. The van der Waals surface area contributed by atoms with Gasteiger partial charge in [0.15, 0.2) is 5.96 Å². The average molecular weight is 377 g/mol. The first-order chi connectivity index (χ1) is 13.7. The number of aliphatic imine (C=N–C) groups is 1. The van der Waals surface area contributed by atoms with Gasteiger partial charge in [0.1, 0.15) is 11.6 Å². The van der Waals surface area contributed by atoms with Crippen LogP contribution < -0.4 is 10.6 Å². The quantitative estimate of drug-likeness (QED) is 0.454. The molecule has 28 heavy (non-hydrogen) atoms. The highest BCUT2D eigenvalue weighted by atomic mass is 19.1. The van der Waals surface area contributed by atoms with Gasteiger partial charge in [0.2, 0.25) is 0 Å². The van der Waals surface area contributed by atoms with Gasteiger partial charge in [0.25, 0.3) is 0 Å². The molecule has 0 radical (unpaired) electrons. The highest BCUT2D eigenvalue weighted by Crippen LogP contribution is 2.48. The zero-order valence-electron chi connectivity index (χ0n) is 15.9. The largest absolute Gasteiger partial charge is 0.356 e. The summed E-state index contributed by atoms with van der Waals surface area (Å²) >= 11 is 0. The van der Waals surface area contributed by atoms with Crippen LogP contribution >= 0.6 is 0 Å². The Morgan fingerprint density at radius 1 is 1.11 bits per heavy atom. The van der Waals surface area contributed by atoms with Gasteiger partial charge in [-0.3, -0.25) is 4.99 Å². The Morgan fingerprint density at radius 2 is 1.86 bits per heavy atom. The molecule has 1 saturated carbocycles. The van der Waals surface area contributed by atoms with Crippen LogP contribution in [0.5, 0.6) is 0 Å². The first-order valence-electron chi connectivity index (χ1n) is 9.49. The molecule has 1 aliphatic rings. The molecule has 0 unspecified atom stereocenters. The summed E-state index contributed by atoms with van der Waals surface area (Å²) in [7, 11) is 1.73. The van der Waals surface area contributed by atoms with E-state index in [1.807, 2.05) is 48.7 Å². The van der Waals surface area contributed by atoms with E-state index in [1.165, 1.54) is 6.07 Å². The van der Waals surface area contributed by atoms with Crippen LogP contribution in [0, 0.1) is 5.82 Å². The van der Waals surface area contributed by atoms with E-state index in [-0.39, 0.29) is 11.2 Å². The first-order valence-corrected chi connectivity index (χ1v) is 9.49. The molecule has 144 valence electrons. The van der Waals surface area contributed by atoms with Crippen LogP contribution in [0.3, 0.4) is 0 Å². The normalized spacial score (nSPS) is 15.3. The number of benzene rings is 2. The first kappa shape index (κ1) is 18.2. The predicted molar refractivity (Wildman–Crippen MR) is 110 cm³/mol. The summed E-state index contributed by atoms with van der Waals surface area (Å²) in [5.74, 6) is 1.38. The lowest BCUT2D eigenvalue weighted by atomic mass is 9.95. The SMILES string of the molecule is CN=C(NCc1ncc(-c2ccccc2)[nH]1)NCC1(c2ccccc2F)CC1. The molecule has 1 fully saturated rings. The fourth-order valence-electron chi connectivity index (χ4n) is 3.44. The topological polar surface area (TPSA) is 65.1 Å². The maximum atomic E-state index is 14.2. The summed E-state index contributed by atoms with van der Waals surface area (Å²) in [4.78, 5) is 12.0. The fourth-order valence-corrected chi connectivity index (χ4v) is 3.44. The van der Waals surface area contributed by atoms with Gasteiger partial charge in [-0.1, -0.05) is 48.5 Å². The number of rotatable bonds is 6. The minimum atomic E-state index is -0.131. The van der Waals surface area contributed by atoms with Gasteiger partial charge in [0.05, 0.1) is 18.4 Å². The number of hydrogen-bond donors (Lipinski definition) is 3. The average Bonchev–Trinajstić information content (AvgIpc) is 3.37. The van der Waals surface area contributed by atoms with E-state index in [4.69, 9.17) is 0 Å². The second kappa shape index (κ2) is 7.84. The molecule has 0 bridgehead atoms. The van der Waals surface area contributed by atoms with E-state index >= 15 is 0 Å². The Bertz CT molecular complexity index is 960. The molecule has 1 heterocycles. The van der Waals surface area contributed by atoms with Crippen LogP contribution in [-0.4, -0.2) is 29.5 Å². The minimum absolute atomic E-state index is 0.131. The van der Waals surface area contributed by atoms with Crippen molar-refractivity contribution in [3.05, 3.63) is 78.0 Å². The van der Waals surface area contributed by atoms with Crippen LogP contribution in [0.2, 0.25) is 0 Å². The van der Waals surface area contributed by atoms with Gasteiger partial charge in [-0.2, -0.15) is 0 Å². The lowest BCUT2D eigenvalue weighted by molar-refractivity contribution is 0.559. The van der Waals surface area contributed by atoms with Gasteiger partial charge in [0, 0.05) is 19.0 Å². The Labute approximate surface area is 164 Å². The number of nitrogens with one attached hydrogen (secondary N) is 3. The van der Waals surface area contributed by atoms with Crippen molar-refractivity contribution in [1.82, 2.24) is 20.6 Å². The molecular weight excluding hydrogens is 353 g/mol. The van der Waals surface area contributed by atoms with Crippen LogP contribution in [0.25, 0.3) is 11.3 Å². The second-order valence-corrected chi connectivity index (χ2v) is 7.15. The minimum Gasteiger partial charge on any atom is -0.356 e. The number of nitrogens with zero attached hydrogens (tertiary/aromatic N) is 2. The third kappa shape index (κ3) is 3.91. The maximum Gasteiger partial charge on any atom is 0.191 e. The molecule has 3 aromatic rings. The zero-order chi connectivity index (χ0) is 19.4. The van der Waals surface area contributed by atoms with Gasteiger partial charge in [-0.25, -0.2) is 9.37 Å². The monoisotopic (exact) mass is 377 g/mol. The standard InChI is InChI=1S/C22H24FN5/c1-24-21(27-15-22(11-12-22)17-9-5-6-10-18(17)23)26-14-20-25-13-19(28-20)16-7-3-2-4-8-16/h2-10,13H,11-12,14-15H2,1H3,(H,25,28)(H2,24,26,27). The molecular formula is C22H24FN5. The lowest BCUT2D eigenvalue weighted by Gasteiger charge is -2.19. The zero-order valence-corrected chi connectivity index (χ0v) is 15.9. The Morgan fingerprint density at radius 3 is 2.57 bits per heavy atom. The summed E-state index contributed by atoms with van der Waals surface area (Å²) in [6.45, 7) is 1.18. The summed E-state index contributed by atoms with van der Waals surface area (Å²) in [6, 6.07) is 17.1. The number of H-pyrrole nitrogens is 1. The Kier molecular flexibility index (Phi) is 5.10. The summed E-state index contributed by atoms with van der Waals surface area (Å²) in [5, 5.41) is 6.61. The Balaban J connectivity index is 1.34. The van der Waals surface area contributed by atoms with Crippen LogP contribution in [0.1, 0.15) is 24.2 Å². The highest BCUT2D eigenvalue weighted by molar-refractivity contribution is 5.79. The maximum absolute atomic E-state index is 14.2. The van der Waals surface area contributed by atoms with Crippen molar-refractivity contribution in [1.29, 1.82) is 0 Å². The van der Waals surface area contributed by atoms with Crippen LogP contribution in [0.15, 0.2) is 65.8 Å². The van der Waals surface area contributed by atoms with E-state index < -0.39 is 0 Å². The van der Waals surface area contributed by atoms with Gasteiger partial charge < -0.3 is 15.6 Å². The molecule has 3 N–H and O–H groups in total. The highest BCUT2D eigenvalue weighted by Gasteiger charge is 2.45. The van der Waals surface area contributed by atoms with Gasteiger partial charge >= 0.3 is 0 Å². The Hall–Kier alpha value is -3.15. The van der Waals surface area contributed by atoms with Crippen molar-refractivity contribution in [2.24, 2.45) is 4.99 Å². The number of aromatic amines is 1. The molecule has 2 aromatic carbocycles. The number of halogens is 1. The van der Waals surface area contributed by atoms with Gasteiger partial charge in [-0.05, 0) is 30.0 Å². The van der Waals surface area contributed by atoms with Crippen molar-refractivity contribution >= 4 is 5.96 Å². The van der Waals surface area contributed by atoms with Crippen LogP contribution in [0.4, 0.5) is 4.39 Å². The summed E-state index contributed by atoms with van der Waals surface area (Å²) in [5.41, 5.74) is 2.74. The van der Waals surface area contributed by atoms with Gasteiger partial charge in [-0.15, -0.1) is 0 Å². The summed E-state index contributed by atoms with van der Waals surface area (Å²) < 4.78 is 14.2. The molecule has 0 saturated heterocycles. The molecule has 5 nitrogen and oxygen atoms in total. The number of aromatic nitrogens is 2. The van der Waals surface area contributed by atoms with E-state index in [0.717, 1.165) is 35.5 Å². The van der Waals surface area contributed by atoms with Crippen molar-refractivity contribution < 1.29 is 4.39 Å². The van der Waals surface area contributed by atoms with E-state index in [0.29, 0.717) is 19.0 Å². The van der Waals surface area contributed by atoms with Crippen molar-refractivity contribution in [2.75, 3.05) is 13.6 Å². The number of hydrogen-bond acceptors (Lipinski definition) is 2. The number of imidazole rings is 1. The van der Waals surface area contributed by atoms with E-state index in [9.17, 15) is 4.39 Å². The molecule has 0 spiro atoms. The molecule has 0 amide bonds. The predicted octanol–water partition coefficient (Wildman–Crippen LogP) is 3.61.